The predicted octanol–water partition coefficient (Wildman–Crippen LogP) is 2.60. The molecule has 0 saturated carbocycles. The summed E-state index contributed by atoms with van der Waals surface area (Å²) in [6, 6.07) is 9.92. The number of rotatable bonds is 2. The highest BCUT2D eigenvalue weighted by Crippen LogP contribution is 2.22. The standard InChI is InChI=1S/C16H19N3OS/c1-12-5-10-21-15(12)16(20)19-8-6-18(7-9-19)14-4-2-3-13(17)11-14/h2-5,10-11H,6-9,17H2,1H3. The molecule has 1 aliphatic rings. The maximum absolute atomic E-state index is 12.5. The average Bonchev–Trinajstić information content (AvgIpc) is 2.93. The van der Waals surface area contributed by atoms with Crippen LogP contribution in [0, 0.1) is 6.92 Å². The SMILES string of the molecule is Cc1ccsc1C(=O)N1CCN(c2cccc(N)c2)CC1. The minimum absolute atomic E-state index is 0.162. The highest BCUT2D eigenvalue weighted by atomic mass is 32.1. The third-order valence-corrected chi connectivity index (χ3v) is 4.86. The summed E-state index contributed by atoms with van der Waals surface area (Å²) in [5.41, 5.74) is 8.82. The van der Waals surface area contributed by atoms with Gasteiger partial charge in [-0.15, -0.1) is 11.3 Å². The van der Waals surface area contributed by atoms with E-state index in [1.165, 1.54) is 11.3 Å². The Bertz CT molecular complexity index is 644. The minimum atomic E-state index is 0.162. The molecule has 1 aromatic heterocycles. The molecule has 5 heteroatoms. The van der Waals surface area contributed by atoms with E-state index in [0.717, 1.165) is 48.0 Å². The van der Waals surface area contributed by atoms with Gasteiger partial charge in [-0.05, 0) is 42.1 Å². The molecular weight excluding hydrogens is 282 g/mol. The van der Waals surface area contributed by atoms with Gasteiger partial charge in [-0.2, -0.15) is 0 Å². The zero-order valence-corrected chi connectivity index (χ0v) is 12.9. The van der Waals surface area contributed by atoms with Crippen LogP contribution in [0.1, 0.15) is 15.2 Å². The van der Waals surface area contributed by atoms with Crippen molar-refractivity contribution in [1.29, 1.82) is 0 Å². The van der Waals surface area contributed by atoms with E-state index in [4.69, 9.17) is 5.73 Å². The first-order valence-corrected chi connectivity index (χ1v) is 7.97. The predicted molar refractivity (Wildman–Crippen MR) is 88.0 cm³/mol. The number of piperazine rings is 1. The van der Waals surface area contributed by atoms with Crippen LogP contribution in [0.5, 0.6) is 0 Å². The van der Waals surface area contributed by atoms with Crippen LogP contribution in [0.3, 0.4) is 0 Å². The first-order valence-electron chi connectivity index (χ1n) is 7.09. The molecule has 110 valence electrons. The van der Waals surface area contributed by atoms with E-state index in [-0.39, 0.29) is 5.91 Å². The maximum atomic E-state index is 12.5. The maximum Gasteiger partial charge on any atom is 0.264 e. The first kappa shape index (κ1) is 13.9. The Balaban J connectivity index is 1.65. The third-order valence-electron chi connectivity index (χ3n) is 3.86. The van der Waals surface area contributed by atoms with Crippen LogP contribution in [-0.4, -0.2) is 37.0 Å². The van der Waals surface area contributed by atoms with E-state index in [1.807, 2.05) is 41.5 Å². The lowest BCUT2D eigenvalue weighted by molar-refractivity contribution is 0.0751. The number of hydrogen-bond acceptors (Lipinski definition) is 4. The fourth-order valence-corrected chi connectivity index (χ4v) is 3.52. The number of amides is 1. The Morgan fingerprint density at radius 2 is 1.95 bits per heavy atom. The second-order valence-electron chi connectivity index (χ2n) is 5.31. The van der Waals surface area contributed by atoms with Crippen LogP contribution >= 0.6 is 11.3 Å². The molecule has 1 saturated heterocycles. The summed E-state index contributed by atoms with van der Waals surface area (Å²) in [4.78, 5) is 17.6. The summed E-state index contributed by atoms with van der Waals surface area (Å²) in [5, 5.41) is 1.98. The lowest BCUT2D eigenvalue weighted by atomic mass is 10.2. The number of thiophene rings is 1. The summed E-state index contributed by atoms with van der Waals surface area (Å²) in [5.74, 6) is 0.162. The summed E-state index contributed by atoms with van der Waals surface area (Å²) in [6.07, 6.45) is 0. The Labute approximate surface area is 128 Å². The topological polar surface area (TPSA) is 49.6 Å². The largest absolute Gasteiger partial charge is 0.399 e. The molecule has 0 spiro atoms. The van der Waals surface area contributed by atoms with E-state index in [1.54, 1.807) is 0 Å². The zero-order chi connectivity index (χ0) is 14.8. The minimum Gasteiger partial charge on any atom is -0.399 e. The van der Waals surface area contributed by atoms with Gasteiger partial charge in [0.05, 0.1) is 4.88 Å². The number of nitrogens with zero attached hydrogens (tertiary/aromatic N) is 2. The molecule has 1 amide bonds. The van der Waals surface area contributed by atoms with Crippen molar-refractivity contribution in [1.82, 2.24) is 4.90 Å². The van der Waals surface area contributed by atoms with Gasteiger partial charge in [-0.3, -0.25) is 4.79 Å². The first-order chi connectivity index (χ1) is 10.1. The highest BCUT2D eigenvalue weighted by molar-refractivity contribution is 7.12. The number of carbonyl (C=O) groups is 1. The van der Waals surface area contributed by atoms with Gasteiger partial charge < -0.3 is 15.5 Å². The lowest BCUT2D eigenvalue weighted by Crippen LogP contribution is -2.48. The smallest absolute Gasteiger partial charge is 0.264 e. The Hall–Kier alpha value is -2.01. The van der Waals surface area contributed by atoms with Gasteiger partial charge in [0.1, 0.15) is 0 Å². The highest BCUT2D eigenvalue weighted by Gasteiger charge is 2.23. The van der Waals surface area contributed by atoms with E-state index in [9.17, 15) is 4.79 Å². The number of anilines is 2. The summed E-state index contributed by atoms with van der Waals surface area (Å²) in [6.45, 7) is 5.20. The quantitative estimate of drug-likeness (QED) is 0.868. The zero-order valence-electron chi connectivity index (χ0n) is 12.1. The molecule has 1 aliphatic heterocycles. The number of carbonyl (C=O) groups excluding carboxylic acids is 1. The normalized spacial score (nSPS) is 15.3. The number of nitrogens with two attached hydrogens (primary N) is 1. The van der Waals surface area contributed by atoms with Gasteiger partial charge in [-0.25, -0.2) is 0 Å². The van der Waals surface area contributed by atoms with E-state index >= 15 is 0 Å². The molecule has 1 fully saturated rings. The van der Waals surface area contributed by atoms with Crippen molar-refractivity contribution in [2.24, 2.45) is 0 Å². The van der Waals surface area contributed by atoms with Gasteiger partial charge >= 0.3 is 0 Å². The number of nitrogen functional groups attached to an aromatic ring is 1. The van der Waals surface area contributed by atoms with Crippen molar-refractivity contribution in [2.75, 3.05) is 36.8 Å². The molecule has 21 heavy (non-hydrogen) atoms. The van der Waals surface area contributed by atoms with E-state index in [2.05, 4.69) is 11.0 Å². The van der Waals surface area contributed by atoms with Crippen molar-refractivity contribution in [3.8, 4) is 0 Å². The number of aryl methyl sites for hydroxylation is 1. The lowest BCUT2D eigenvalue weighted by Gasteiger charge is -2.36. The number of hydrogen-bond donors (Lipinski definition) is 1. The molecule has 4 nitrogen and oxygen atoms in total. The Morgan fingerprint density at radius 3 is 2.57 bits per heavy atom. The molecule has 0 unspecified atom stereocenters. The molecule has 3 rings (SSSR count). The van der Waals surface area contributed by atoms with Crippen molar-refractivity contribution < 1.29 is 4.79 Å². The van der Waals surface area contributed by atoms with Crippen LogP contribution < -0.4 is 10.6 Å². The van der Waals surface area contributed by atoms with Crippen molar-refractivity contribution in [3.05, 3.63) is 46.2 Å². The second-order valence-corrected chi connectivity index (χ2v) is 6.22. The number of benzene rings is 1. The van der Waals surface area contributed by atoms with Gasteiger partial charge in [0, 0.05) is 37.6 Å². The molecular formula is C16H19N3OS. The van der Waals surface area contributed by atoms with Crippen LogP contribution in [0.2, 0.25) is 0 Å². The summed E-state index contributed by atoms with van der Waals surface area (Å²) in [7, 11) is 0. The second kappa shape index (κ2) is 5.77. The van der Waals surface area contributed by atoms with Crippen LogP contribution in [0.25, 0.3) is 0 Å². The fraction of sp³-hybridized carbons (Fsp3) is 0.312. The molecule has 1 aromatic carbocycles. The molecule has 2 N–H and O–H groups in total. The molecule has 0 bridgehead atoms. The van der Waals surface area contributed by atoms with E-state index in [0.29, 0.717) is 0 Å². The van der Waals surface area contributed by atoms with Gasteiger partial charge in [0.25, 0.3) is 5.91 Å². The van der Waals surface area contributed by atoms with Crippen LogP contribution in [0.4, 0.5) is 11.4 Å². The van der Waals surface area contributed by atoms with Crippen LogP contribution in [-0.2, 0) is 0 Å². The Kier molecular flexibility index (Phi) is 3.84. The fourth-order valence-electron chi connectivity index (χ4n) is 2.62. The summed E-state index contributed by atoms with van der Waals surface area (Å²) >= 11 is 1.53. The molecule has 0 radical (unpaired) electrons. The average molecular weight is 301 g/mol. The van der Waals surface area contributed by atoms with Crippen LogP contribution in [0.15, 0.2) is 35.7 Å². The summed E-state index contributed by atoms with van der Waals surface area (Å²) < 4.78 is 0. The third kappa shape index (κ3) is 2.88. The monoisotopic (exact) mass is 301 g/mol. The molecule has 0 atom stereocenters. The van der Waals surface area contributed by atoms with Crippen molar-refractivity contribution >= 4 is 28.6 Å². The Morgan fingerprint density at radius 1 is 1.19 bits per heavy atom. The van der Waals surface area contributed by atoms with Gasteiger partial charge in [-0.1, -0.05) is 6.07 Å². The van der Waals surface area contributed by atoms with E-state index < -0.39 is 0 Å². The van der Waals surface area contributed by atoms with Gasteiger partial charge in [0.15, 0.2) is 0 Å². The van der Waals surface area contributed by atoms with Crippen molar-refractivity contribution in [2.45, 2.75) is 6.92 Å². The molecule has 0 aliphatic carbocycles. The van der Waals surface area contributed by atoms with Crippen molar-refractivity contribution in [3.63, 3.8) is 0 Å². The molecule has 2 heterocycles. The van der Waals surface area contributed by atoms with Gasteiger partial charge in [0.2, 0.25) is 0 Å². The molecule has 2 aromatic rings.